The molecule has 1 heterocycles. The number of phenolic OH excluding ortho intramolecular Hbond substituents is 1. The third kappa shape index (κ3) is 4.95. The number of hydrogen-bond donors (Lipinski definition) is 2. The number of pyridine rings is 1. The van der Waals surface area contributed by atoms with E-state index in [4.69, 9.17) is 9.72 Å². The van der Waals surface area contributed by atoms with Gasteiger partial charge in [-0.25, -0.2) is 22.9 Å². The van der Waals surface area contributed by atoms with Gasteiger partial charge in [0.25, 0.3) is 5.91 Å². The fourth-order valence-electron chi connectivity index (χ4n) is 4.49. The van der Waals surface area contributed by atoms with Crippen LogP contribution < -0.4 is 5.32 Å². The normalized spacial score (nSPS) is 13.8. The third-order valence-corrected chi connectivity index (χ3v) is 6.25. The van der Waals surface area contributed by atoms with E-state index in [1.54, 1.807) is 48.5 Å². The molecular formula is C29H21F3N2O4. The van der Waals surface area contributed by atoms with Crippen molar-refractivity contribution in [1.82, 2.24) is 4.98 Å². The van der Waals surface area contributed by atoms with Gasteiger partial charge in [0.2, 0.25) is 0 Å². The zero-order valence-corrected chi connectivity index (χ0v) is 19.9. The van der Waals surface area contributed by atoms with E-state index in [0.717, 1.165) is 30.0 Å². The summed E-state index contributed by atoms with van der Waals surface area (Å²) in [6.07, 6.45) is 4.01. The molecular weight excluding hydrogens is 497 g/mol. The quantitative estimate of drug-likeness (QED) is 0.249. The average Bonchev–Trinajstić information content (AvgIpc) is 2.92. The van der Waals surface area contributed by atoms with Crippen LogP contribution in [-0.4, -0.2) is 28.6 Å². The smallest absolute Gasteiger partial charge is 0.339 e. The summed E-state index contributed by atoms with van der Waals surface area (Å²) >= 11 is 0. The number of nitrogens with one attached hydrogen (secondary N) is 1. The van der Waals surface area contributed by atoms with Crippen LogP contribution in [0.5, 0.6) is 5.75 Å². The van der Waals surface area contributed by atoms with Gasteiger partial charge in [0, 0.05) is 5.39 Å². The summed E-state index contributed by atoms with van der Waals surface area (Å²) < 4.78 is 45.8. The Hall–Kier alpha value is -4.66. The van der Waals surface area contributed by atoms with Crippen LogP contribution in [0.25, 0.3) is 22.6 Å². The zero-order chi connectivity index (χ0) is 26.8. The van der Waals surface area contributed by atoms with Gasteiger partial charge in [-0.1, -0.05) is 30.3 Å². The number of carbonyl (C=O) groups excluding carboxylic acids is 2. The van der Waals surface area contributed by atoms with E-state index in [-0.39, 0.29) is 11.3 Å². The molecule has 0 saturated heterocycles. The van der Waals surface area contributed by atoms with Gasteiger partial charge >= 0.3 is 5.97 Å². The van der Waals surface area contributed by atoms with Crippen molar-refractivity contribution in [2.75, 3.05) is 11.9 Å². The summed E-state index contributed by atoms with van der Waals surface area (Å²) in [5.41, 5.74) is 3.42. The van der Waals surface area contributed by atoms with E-state index in [0.29, 0.717) is 34.6 Å². The number of ether oxygens (including phenoxy) is 1. The van der Waals surface area contributed by atoms with Gasteiger partial charge in [0.1, 0.15) is 5.75 Å². The van der Waals surface area contributed by atoms with E-state index in [2.05, 4.69) is 5.32 Å². The molecule has 1 aromatic heterocycles. The number of nitrogens with zero attached hydrogens (tertiary/aromatic N) is 1. The Kier molecular flexibility index (Phi) is 6.83. The van der Waals surface area contributed by atoms with Crippen LogP contribution in [-0.2, 0) is 16.0 Å². The van der Waals surface area contributed by atoms with Gasteiger partial charge in [-0.15, -0.1) is 0 Å². The van der Waals surface area contributed by atoms with E-state index in [9.17, 15) is 27.9 Å². The molecule has 9 heteroatoms. The second-order valence-electron chi connectivity index (χ2n) is 8.79. The molecule has 0 saturated carbocycles. The molecule has 2 N–H and O–H groups in total. The predicted octanol–water partition coefficient (Wildman–Crippen LogP) is 6.03. The first kappa shape index (κ1) is 25.0. The number of amides is 1. The number of fused-ring (bicyclic) bond motifs is 2. The third-order valence-electron chi connectivity index (χ3n) is 6.25. The molecule has 0 fully saturated rings. The topological polar surface area (TPSA) is 88.5 Å². The highest BCUT2D eigenvalue weighted by Gasteiger charge is 2.26. The number of allylic oxidation sites excluding steroid dienone is 1. The maximum Gasteiger partial charge on any atom is 0.339 e. The molecule has 1 aliphatic carbocycles. The Labute approximate surface area is 215 Å². The van der Waals surface area contributed by atoms with Crippen LogP contribution >= 0.6 is 0 Å². The Morgan fingerprint density at radius 2 is 1.74 bits per heavy atom. The molecule has 0 radical (unpaired) electrons. The molecule has 4 aromatic rings. The molecule has 0 aliphatic heterocycles. The monoisotopic (exact) mass is 518 g/mol. The minimum atomic E-state index is -1.72. The highest BCUT2D eigenvalue weighted by molar-refractivity contribution is 6.07. The summed E-state index contributed by atoms with van der Waals surface area (Å²) in [6.45, 7) is -0.765. The Balaban J connectivity index is 1.44. The summed E-state index contributed by atoms with van der Waals surface area (Å²) in [5, 5.41) is 12.2. The summed E-state index contributed by atoms with van der Waals surface area (Å²) in [5.74, 6) is -6.17. The second kappa shape index (κ2) is 10.4. The SMILES string of the molecule is O=C(COC(=O)c1c2c(nc3ccccc13)C(=Cc1ccc(O)cc1)CCC2)Nc1ccc(F)c(F)c1F. The first-order valence-electron chi connectivity index (χ1n) is 11.8. The molecule has 0 spiro atoms. The fourth-order valence-corrected chi connectivity index (χ4v) is 4.49. The average molecular weight is 518 g/mol. The molecule has 0 unspecified atom stereocenters. The van der Waals surface area contributed by atoms with Crippen molar-refractivity contribution in [2.45, 2.75) is 19.3 Å². The number of rotatable bonds is 5. The lowest BCUT2D eigenvalue weighted by molar-refractivity contribution is -0.119. The lowest BCUT2D eigenvalue weighted by atomic mass is 9.86. The molecule has 1 aliphatic rings. The van der Waals surface area contributed by atoms with Crippen molar-refractivity contribution < 1.29 is 32.6 Å². The second-order valence-corrected chi connectivity index (χ2v) is 8.79. The van der Waals surface area contributed by atoms with Crippen molar-refractivity contribution in [3.05, 3.63) is 100 Å². The Bertz CT molecular complexity index is 1600. The van der Waals surface area contributed by atoms with Gasteiger partial charge < -0.3 is 15.2 Å². The standard InChI is InChI=1S/C29H21F3N2O4/c30-21-12-13-23(27(32)26(21)31)33-24(36)15-38-29(37)25-19-5-1-2-7-22(19)34-28-17(4-3-6-20(25)28)14-16-8-10-18(35)11-9-16/h1-2,5,7-14,35H,3-4,6,15H2,(H,33,36). The molecule has 6 nitrogen and oxygen atoms in total. The number of aromatic hydroxyl groups is 1. The van der Waals surface area contributed by atoms with Gasteiger partial charge in [0.15, 0.2) is 24.1 Å². The van der Waals surface area contributed by atoms with Crippen LogP contribution in [0.15, 0.2) is 60.7 Å². The maximum absolute atomic E-state index is 13.9. The largest absolute Gasteiger partial charge is 0.508 e. The molecule has 38 heavy (non-hydrogen) atoms. The molecule has 0 bridgehead atoms. The van der Waals surface area contributed by atoms with Crippen LogP contribution in [0.3, 0.4) is 0 Å². The lowest BCUT2D eigenvalue weighted by Crippen LogP contribution is -2.23. The number of para-hydroxylation sites is 1. The minimum Gasteiger partial charge on any atom is -0.508 e. The number of aromatic nitrogens is 1. The predicted molar refractivity (Wildman–Crippen MR) is 136 cm³/mol. The van der Waals surface area contributed by atoms with Gasteiger partial charge in [-0.2, -0.15) is 0 Å². The van der Waals surface area contributed by atoms with E-state index >= 15 is 0 Å². The van der Waals surface area contributed by atoms with Crippen molar-refractivity contribution in [1.29, 1.82) is 0 Å². The highest BCUT2D eigenvalue weighted by atomic mass is 19.2. The first-order valence-corrected chi connectivity index (χ1v) is 11.8. The molecule has 1 amide bonds. The summed E-state index contributed by atoms with van der Waals surface area (Å²) in [4.78, 5) is 30.4. The number of esters is 1. The van der Waals surface area contributed by atoms with Crippen LogP contribution in [0.2, 0.25) is 0 Å². The fraction of sp³-hybridized carbons (Fsp3) is 0.138. The molecule has 192 valence electrons. The van der Waals surface area contributed by atoms with Gasteiger partial charge in [-0.05, 0) is 72.4 Å². The maximum atomic E-state index is 13.9. The Morgan fingerprint density at radius 3 is 2.53 bits per heavy atom. The number of halogens is 3. The van der Waals surface area contributed by atoms with E-state index in [1.165, 1.54) is 0 Å². The lowest BCUT2D eigenvalue weighted by Gasteiger charge is -2.22. The van der Waals surface area contributed by atoms with Crippen molar-refractivity contribution in [2.24, 2.45) is 0 Å². The van der Waals surface area contributed by atoms with Crippen LogP contribution in [0.4, 0.5) is 18.9 Å². The van der Waals surface area contributed by atoms with Crippen molar-refractivity contribution in [3.63, 3.8) is 0 Å². The highest BCUT2D eigenvalue weighted by Crippen LogP contribution is 2.36. The number of anilines is 1. The summed E-state index contributed by atoms with van der Waals surface area (Å²) in [7, 11) is 0. The van der Waals surface area contributed by atoms with E-state index < -0.39 is 41.6 Å². The van der Waals surface area contributed by atoms with Crippen molar-refractivity contribution in [3.8, 4) is 5.75 Å². The zero-order valence-electron chi connectivity index (χ0n) is 19.9. The minimum absolute atomic E-state index is 0.154. The van der Waals surface area contributed by atoms with Crippen molar-refractivity contribution >= 4 is 40.1 Å². The molecule has 3 aromatic carbocycles. The Morgan fingerprint density at radius 1 is 0.974 bits per heavy atom. The van der Waals surface area contributed by atoms with Crippen LogP contribution in [0, 0.1) is 17.5 Å². The summed E-state index contributed by atoms with van der Waals surface area (Å²) in [6, 6.07) is 15.4. The molecule has 5 rings (SSSR count). The molecule has 0 atom stereocenters. The van der Waals surface area contributed by atoms with Gasteiger partial charge in [-0.3, -0.25) is 4.79 Å². The number of phenols is 1. The number of hydrogen-bond acceptors (Lipinski definition) is 5. The number of carbonyl (C=O) groups is 2. The number of benzene rings is 3. The van der Waals surface area contributed by atoms with Crippen LogP contribution in [0.1, 0.15) is 40.0 Å². The first-order chi connectivity index (χ1) is 18.3. The van der Waals surface area contributed by atoms with Gasteiger partial charge in [0.05, 0.1) is 22.5 Å². The van der Waals surface area contributed by atoms with E-state index in [1.807, 2.05) is 6.08 Å².